The number of sulfonamides is 1. The van der Waals surface area contributed by atoms with Crippen LogP contribution in [0.5, 0.6) is 5.75 Å². The van der Waals surface area contributed by atoms with Crippen LogP contribution >= 0.6 is 0 Å². The molecule has 7 nitrogen and oxygen atoms in total. The van der Waals surface area contributed by atoms with E-state index in [-0.39, 0.29) is 29.3 Å². The second-order valence-electron chi connectivity index (χ2n) is 8.00. The Hall–Kier alpha value is -1.64. The van der Waals surface area contributed by atoms with Crippen molar-refractivity contribution in [1.29, 1.82) is 0 Å². The van der Waals surface area contributed by atoms with Crippen LogP contribution in [-0.4, -0.2) is 69.4 Å². The first-order valence-electron chi connectivity index (χ1n) is 10.6. The van der Waals surface area contributed by atoms with Gasteiger partial charge < -0.3 is 15.0 Å². The minimum atomic E-state index is -3.61. The Morgan fingerprint density at radius 1 is 1.14 bits per heavy atom. The van der Waals surface area contributed by atoms with Crippen LogP contribution in [0.25, 0.3) is 0 Å². The van der Waals surface area contributed by atoms with Gasteiger partial charge in [0, 0.05) is 32.2 Å². The number of nitrogens with zero attached hydrogens (tertiary/aromatic N) is 2. The van der Waals surface area contributed by atoms with Gasteiger partial charge in [-0.15, -0.1) is 0 Å². The number of hydrogen-bond donors (Lipinski definition) is 1. The number of piperidine rings is 2. The molecular formula is C21H33N3O4S. The van der Waals surface area contributed by atoms with E-state index in [1.54, 1.807) is 31.4 Å². The van der Waals surface area contributed by atoms with Crippen LogP contribution in [0.2, 0.25) is 0 Å². The Morgan fingerprint density at radius 3 is 2.45 bits per heavy atom. The molecule has 1 aromatic rings. The molecule has 1 N–H and O–H groups in total. The molecule has 0 aromatic heterocycles. The molecule has 29 heavy (non-hydrogen) atoms. The number of hydrogen-bond acceptors (Lipinski definition) is 5. The van der Waals surface area contributed by atoms with Crippen molar-refractivity contribution in [3.8, 4) is 5.75 Å². The fourth-order valence-corrected chi connectivity index (χ4v) is 5.73. The van der Waals surface area contributed by atoms with Gasteiger partial charge in [-0.1, -0.05) is 6.92 Å². The van der Waals surface area contributed by atoms with Crippen LogP contribution in [0, 0.1) is 5.92 Å². The molecule has 1 amide bonds. The maximum absolute atomic E-state index is 13.0. The average molecular weight is 424 g/mol. The van der Waals surface area contributed by atoms with Crippen LogP contribution in [0.15, 0.2) is 29.2 Å². The molecule has 2 fully saturated rings. The first kappa shape index (κ1) is 22.1. The fraction of sp³-hybridized carbons (Fsp3) is 0.667. The molecule has 3 rings (SSSR count). The summed E-state index contributed by atoms with van der Waals surface area (Å²) in [5.41, 5.74) is 0. The summed E-state index contributed by atoms with van der Waals surface area (Å²) in [6.07, 6.45) is 4.51. The van der Waals surface area contributed by atoms with Gasteiger partial charge in [-0.3, -0.25) is 4.79 Å². The van der Waals surface area contributed by atoms with Gasteiger partial charge in [0.15, 0.2) is 0 Å². The summed E-state index contributed by atoms with van der Waals surface area (Å²) in [5.74, 6) is 0.323. The Morgan fingerprint density at radius 2 is 1.83 bits per heavy atom. The lowest BCUT2D eigenvalue weighted by Crippen LogP contribution is -2.50. The molecular weight excluding hydrogens is 390 g/mol. The lowest BCUT2D eigenvalue weighted by atomic mass is 9.97. The highest BCUT2D eigenvalue weighted by Crippen LogP contribution is 2.25. The zero-order valence-electron chi connectivity index (χ0n) is 17.5. The zero-order chi connectivity index (χ0) is 20.9. The van der Waals surface area contributed by atoms with E-state index >= 15 is 0 Å². The van der Waals surface area contributed by atoms with Gasteiger partial charge in [0.25, 0.3) is 0 Å². The summed E-state index contributed by atoms with van der Waals surface area (Å²) in [6, 6.07) is 6.60. The summed E-state index contributed by atoms with van der Waals surface area (Å²) in [7, 11) is -2.06. The highest BCUT2D eigenvalue weighted by Gasteiger charge is 2.34. The van der Waals surface area contributed by atoms with E-state index in [1.165, 1.54) is 4.31 Å². The van der Waals surface area contributed by atoms with Crippen LogP contribution in [0.3, 0.4) is 0 Å². The zero-order valence-corrected chi connectivity index (χ0v) is 18.3. The van der Waals surface area contributed by atoms with E-state index in [0.29, 0.717) is 18.7 Å². The summed E-state index contributed by atoms with van der Waals surface area (Å²) >= 11 is 0. The quantitative estimate of drug-likeness (QED) is 0.727. The van der Waals surface area contributed by atoms with Crippen molar-refractivity contribution in [3.63, 3.8) is 0 Å². The molecule has 2 heterocycles. The summed E-state index contributed by atoms with van der Waals surface area (Å²) in [6.45, 7) is 6.02. The lowest BCUT2D eigenvalue weighted by Gasteiger charge is -2.35. The smallest absolute Gasteiger partial charge is 0.243 e. The third-order valence-corrected chi connectivity index (χ3v) is 7.81. The maximum atomic E-state index is 13.0. The molecule has 1 atom stereocenters. The van der Waals surface area contributed by atoms with E-state index in [2.05, 4.69) is 17.1 Å². The molecule has 0 unspecified atom stereocenters. The minimum absolute atomic E-state index is 0.00595. The van der Waals surface area contributed by atoms with Crippen molar-refractivity contribution in [2.45, 2.75) is 50.0 Å². The van der Waals surface area contributed by atoms with Gasteiger partial charge in [-0.25, -0.2) is 8.42 Å². The number of carbonyl (C=O) groups is 1. The number of likely N-dealkylation sites (tertiary alicyclic amines) is 1. The minimum Gasteiger partial charge on any atom is -0.497 e. The van der Waals surface area contributed by atoms with Gasteiger partial charge in [0.05, 0.1) is 17.9 Å². The van der Waals surface area contributed by atoms with Crippen molar-refractivity contribution in [2.24, 2.45) is 5.92 Å². The fourth-order valence-electron chi connectivity index (χ4n) is 4.21. The van der Waals surface area contributed by atoms with E-state index < -0.39 is 10.0 Å². The van der Waals surface area contributed by atoms with Gasteiger partial charge in [-0.2, -0.15) is 4.31 Å². The van der Waals surface area contributed by atoms with Crippen LogP contribution in [-0.2, 0) is 14.8 Å². The van der Waals surface area contributed by atoms with Crippen LogP contribution in [0.4, 0.5) is 0 Å². The molecule has 0 radical (unpaired) electrons. The first-order chi connectivity index (χ1) is 13.9. The maximum Gasteiger partial charge on any atom is 0.243 e. The van der Waals surface area contributed by atoms with Gasteiger partial charge in [-0.05, 0) is 62.9 Å². The predicted molar refractivity (Wildman–Crippen MR) is 112 cm³/mol. The van der Waals surface area contributed by atoms with Crippen molar-refractivity contribution >= 4 is 15.9 Å². The number of methoxy groups -OCH3 is 1. The monoisotopic (exact) mass is 423 g/mol. The molecule has 162 valence electrons. The molecule has 0 bridgehead atoms. The van der Waals surface area contributed by atoms with E-state index in [1.807, 2.05) is 0 Å². The Labute approximate surface area is 174 Å². The third kappa shape index (κ3) is 5.49. The van der Waals surface area contributed by atoms with Crippen molar-refractivity contribution < 1.29 is 17.9 Å². The standard InChI is InChI=1S/C21H33N3O4S/c1-3-12-23-14-10-18(11-15-23)22-21(25)17-5-4-13-24(16-17)29(26,27)20-8-6-19(28-2)7-9-20/h6-9,17-18H,3-5,10-16H2,1-2H3,(H,22,25)/t17-/m1/s1. The van der Waals surface area contributed by atoms with E-state index in [0.717, 1.165) is 45.3 Å². The normalized spacial score (nSPS) is 22.3. The molecule has 2 aliphatic rings. The number of carbonyl (C=O) groups excluding carboxylic acids is 1. The van der Waals surface area contributed by atoms with Gasteiger partial charge in [0.1, 0.15) is 5.75 Å². The molecule has 2 aliphatic heterocycles. The Balaban J connectivity index is 1.57. The highest BCUT2D eigenvalue weighted by molar-refractivity contribution is 7.89. The molecule has 0 spiro atoms. The van der Waals surface area contributed by atoms with Crippen LogP contribution in [0.1, 0.15) is 39.0 Å². The SMILES string of the molecule is CCCN1CCC(NC(=O)[C@@H]2CCCN(S(=O)(=O)c3ccc(OC)cc3)C2)CC1. The number of amides is 1. The largest absolute Gasteiger partial charge is 0.497 e. The third-order valence-electron chi connectivity index (χ3n) is 5.93. The predicted octanol–water partition coefficient (Wildman–Crippen LogP) is 2.09. The van der Waals surface area contributed by atoms with Gasteiger partial charge >= 0.3 is 0 Å². The number of nitrogens with one attached hydrogen (secondary N) is 1. The molecule has 8 heteroatoms. The van der Waals surface area contributed by atoms with Crippen molar-refractivity contribution in [2.75, 3.05) is 39.8 Å². The number of ether oxygens (including phenoxy) is 1. The summed E-state index contributed by atoms with van der Waals surface area (Å²) in [5, 5.41) is 3.17. The second-order valence-corrected chi connectivity index (χ2v) is 9.94. The average Bonchev–Trinajstić information content (AvgIpc) is 2.75. The van der Waals surface area contributed by atoms with Crippen LogP contribution < -0.4 is 10.1 Å². The summed E-state index contributed by atoms with van der Waals surface area (Å²) < 4.78 is 32.5. The highest BCUT2D eigenvalue weighted by atomic mass is 32.2. The first-order valence-corrected chi connectivity index (χ1v) is 12.0. The summed E-state index contributed by atoms with van der Waals surface area (Å²) in [4.78, 5) is 15.5. The number of benzene rings is 1. The topological polar surface area (TPSA) is 79.0 Å². The molecule has 0 aliphatic carbocycles. The van der Waals surface area contributed by atoms with E-state index in [4.69, 9.17) is 4.74 Å². The van der Waals surface area contributed by atoms with Gasteiger partial charge in [0.2, 0.25) is 15.9 Å². The lowest BCUT2D eigenvalue weighted by molar-refractivity contribution is -0.127. The molecule has 2 saturated heterocycles. The molecule has 1 aromatic carbocycles. The number of rotatable bonds is 7. The second kappa shape index (κ2) is 9.91. The molecule has 0 saturated carbocycles. The Kier molecular flexibility index (Phi) is 7.54. The van der Waals surface area contributed by atoms with E-state index in [9.17, 15) is 13.2 Å². The van der Waals surface area contributed by atoms with Crippen molar-refractivity contribution in [3.05, 3.63) is 24.3 Å². The Bertz CT molecular complexity index is 774. The van der Waals surface area contributed by atoms with Crippen molar-refractivity contribution in [1.82, 2.24) is 14.5 Å².